The van der Waals surface area contributed by atoms with Gasteiger partial charge in [-0.25, -0.2) is 0 Å². The lowest BCUT2D eigenvalue weighted by Crippen LogP contribution is -2.57. The van der Waals surface area contributed by atoms with Gasteiger partial charge < -0.3 is 10.6 Å². The number of amides is 2. The molecule has 2 saturated carbocycles. The molecule has 0 saturated heterocycles. The molecule has 2 amide bonds. The van der Waals surface area contributed by atoms with Gasteiger partial charge in [0.25, 0.3) is 0 Å². The number of carbonyl (C=O) groups excluding carboxylic acids is 2. The largest absolute Gasteiger partial charge is 0.353 e. The summed E-state index contributed by atoms with van der Waals surface area (Å²) in [6.45, 7) is 5.30. The summed E-state index contributed by atoms with van der Waals surface area (Å²) in [6, 6.07) is 0.404. The Morgan fingerprint density at radius 1 is 1.23 bits per heavy atom. The van der Waals surface area contributed by atoms with Crippen LogP contribution in [0.3, 0.4) is 0 Å². The number of rotatable bonds is 5. The van der Waals surface area contributed by atoms with E-state index in [-0.39, 0.29) is 35.2 Å². The number of aromatic nitrogens is 2. The standard InChI is InChI=1S/C20H30N4O2/c1-20(2)7-6-16(20)19(26)23-15-10-14(11-15)22-18(25)9-13-12-21-24-8-4-3-5-17(13)24/h12,14-16H,3-11H2,1-2H3,(H,22,25)(H,23,26). The van der Waals surface area contributed by atoms with Crippen molar-refractivity contribution in [1.29, 1.82) is 0 Å². The van der Waals surface area contributed by atoms with Crippen LogP contribution in [-0.4, -0.2) is 33.7 Å². The highest BCUT2D eigenvalue weighted by Gasteiger charge is 2.44. The quantitative estimate of drug-likeness (QED) is 0.845. The number of hydrogen-bond acceptors (Lipinski definition) is 3. The smallest absolute Gasteiger partial charge is 0.224 e. The lowest BCUT2D eigenvalue weighted by Gasteiger charge is -2.45. The molecule has 1 aromatic rings. The maximum atomic E-state index is 12.3. The van der Waals surface area contributed by atoms with Crippen LogP contribution < -0.4 is 10.6 Å². The van der Waals surface area contributed by atoms with Gasteiger partial charge in [0, 0.05) is 35.8 Å². The van der Waals surface area contributed by atoms with Gasteiger partial charge in [-0.3, -0.25) is 14.3 Å². The van der Waals surface area contributed by atoms with Crippen LogP contribution in [0.5, 0.6) is 0 Å². The molecule has 26 heavy (non-hydrogen) atoms. The Labute approximate surface area is 155 Å². The molecule has 2 fully saturated rings. The number of hydrogen-bond donors (Lipinski definition) is 2. The number of aryl methyl sites for hydroxylation is 1. The average Bonchev–Trinajstić information content (AvgIpc) is 2.95. The fourth-order valence-corrected chi connectivity index (χ4v) is 4.59. The number of fused-ring (bicyclic) bond motifs is 1. The Bertz CT molecular complexity index is 703. The summed E-state index contributed by atoms with van der Waals surface area (Å²) in [4.78, 5) is 24.7. The summed E-state index contributed by atoms with van der Waals surface area (Å²) in [7, 11) is 0. The summed E-state index contributed by atoms with van der Waals surface area (Å²) in [6.07, 6.45) is 9.47. The number of nitrogens with one attached hydrogen (secondary N) is 2. The van der Waals surface area contributed by atoms with E-state index < -0.39 is 0 Å². The van der Waals surface area contributed by atoms with Crippen LogP contribution in [0.4, 0.5) is 0 Å². The zero-order chi connectivity index (χ0) is 18.3. The maximum Gasteiger partial charge on any atom is 0.224 e. The first-order valence-corrected chi connectivity index (χ1v) is 10.1. The van der Waals surface area contributed by atoms with E-state index in [0.717, 1.165) is 44.2 Å². The highest BCUT2D eigenvalue weighted by atomic mass is 16.2. The van der Waals surface area contributed by atoms with E-state index >= 15 is 0 Å². The van der Waals surface area contributed by atoms with Crippen LogP contribution in [0.1, 0.15) is 63.6 Å². The zero-order valence-electron chi connectivity index (χ0n) is 15.9. The van der Waals surface area contributed by atoms with E-state index in [2.05, 4.69) is 29.6 Å². The van der Waals surface area contributed by atoms with Gasteiger partial charge in [-0.05, 0) is 50.4 Å². The lowest BCUT2D eigenvalue weighted by atomic mass is 9.62. The minimum Gasteiger partial charge on any atom is -0.353 e. The van der Waals surface area contributed by atoms with Crippen molar-refractivity contribution in [2.75, 3.05) is 0 Å². The summed E-state index contributed by atoms with van der Waals surface area (Å²) in [5, 5.41) is 10.7. The molecule has 142 valence electrons. The van der Waals surface area contributed by atoms with Crippen molar-refractivity contribution in [3.8, 4) is 0 Å². The second-order valence-corrected chi connectivity index (χ2v) is 8.99. The molecule has 3 aliphatic rings. The van der Waals surface area contributed by atoms with Gasteiger partial charge in [0.15, 0.2) is 0 Å². The van der Waals surface area contributed by atoms with Crippen molar-refractivity contribution in [1.82, 2.24) is 20.4 Å². The lowest BCUT2D eigenvalue weighted by molar-refractivity contribution is -0.135. The van der Waals surface area contributed by atoms with Crippen molar-refractivity contribution in [2.24, 2.45) is 11.3 Å². The maximum absolute atomic E-state index is 12.3. The first kappa shape index (κ1) is 17.6. The molecule has 2 N–H and O–H groups in total. The van der Waals surface area contributed by atoms with Gasteiger partial charge in [0.2, 0.25) is 11.8 Å². The molecular formula is C20H30N4O2. The molecular weight excluding hydrogens is 328 g/mol. The van der Waals surface area contributed by atoms with Crippen molar-refractivity contribution >= 4 is 11.8 Å². The third kappa shape index (κ3) is 3.38. The molecule has 6 nitrogen and oxygen atoms in total. The molecule has 0 aromatic carbocycles. The van der Waals surface area contributed by atoms with E-state index in [1.807, 2.05) is 10.9 Å². The van der Waals surface area contributed by atoms with Crippen LogP contribution in [0.15, 0.2) is 6.20 Å². The van der Waals surface area contributed by atoms with Gasteiger partial charge in [-0.1, -0.05) is 13.8 Å². The van der Waals surface area contributed by atoms with E-state index in [4.69, 9.17) is 0 Å². The highest BCUT2D eigenvalue weighted by molar-refractivity contribution is 5.81. The molecule has 1 atom stereocenters. The molecule has 1 unspecified atom stereocenters. The molecule has 1 aliphatic heterocycles. The zero-order valence-corrected chi connectivity index (χ0v) is 15.9. The Morgan fingerprint density at radius 3 is 2.69 bits per heavy atom. The third-order valence-corrected chi connectivity index (χ3v) is 6.61. The molecule has 0 radical (unpaired) electrons. The normalized spacial score (nSPS) is 29.1. The summed E-state index contributed by atoms with van der Waals surface area (Å²) >= 11 is 0. The Morgan fingerprint density at radius 2 is 2.00 bits per heavy atom. The van der Waals surface area contributed by atoms with E-state index in [1.54, 1.807) is 0 Å². The summed E-state index contributed by atoms with van der Waals surface area (Å²) < 4.78 is 2.04. The van der Waals surface area contributed by atoms with E-state index in [0.29, 0.717) is 6.42 Å². The summed E-state index contributed by atoms with van der Waals surface area (Å²) in [5.41, 5.74) is 2.44. The first-order chi connectivity index (χ1) is 12.4. The van der Waals surface area contributed by atoms with Gasteiger partial charge in [-0.15, -0.1) is 0 Å². The van der Waals surface area contributed by atoms with Crippen LogP contribution in [0.25, 0.3) is 0 Å². The monoisotopic (exact) mass is 358 g/mol. The first-order valence-electron chi connectivity index (χ1n) is 10.1. The second kappa shape index (κ2) is 6.71. The molecule has 4 rings (SSSR count). The van der Waals surface area contributed by atoms with Crippen LogP contribution in [0, 0.1) is 11.3 Å². The Kier molecular flexibility index (Phi) is 4.53. The minimum atomic E-state index is 0.0706. The van der Waals surface area contributed by atoms with Crippen molar-refractivity contribution in [3.63, 3.8) is 0 Å². The fraction of sp³-hybridized carbons (Fsp3) is 0.750. The van der Waals surface area contributed by atoms with E-state index in [1.165, 1.54) is 18.5 Å². The predicted molar refractivity (Wildman–Crippen MR) is 98.5 cm³/mol. The number of nitrogens with zero attached hydrogens (tertiary/aromatic N) is 2. The van der Waals surface area contributed by atoms with Gasteiger partial charge in [0.1, 0.15) is 0 Å². The van der Waals surface area contributed by atoms with Crippen LogP contribution in [-0.2, 0) is 29.0 Å². The van der Waals surface area contributed by atoms with Gasteiger partial charge in [0.05, 0.1) is 12.6 Å². The Balaban J connectivity index is 1.20. The second-order valence-electron chi connectivity index (χ2n) is 8.99. The minimum absolute atomic E-state index is 0.0706. The molecule has 6 heteroatoms. The number of carbonyl (C=O) groups is 2. The highest BCUT2D eigenvalue weighted by Crippen LogP contribution is 2.46. The van der Waals surface area contributed by atoms with E-state index in [9.17, 15) is 9.59 Å². The summed E-state index contributed by atoms with van der Waals surface area (Å²) in [5.74, 6) is 0.425. The Hall–Kier alpha value is -1.85. The van der Waals surface area contributed by atoms with Crippen LogP contribution >= 0.6 is 0 Å². The SMILES string of the molecule is CC1(C)CCC1C(=O)NC1CC(NC(=O)Cc2cnn3c2CCCC3)C1. The van der Waals surface area contributed by atoms with Crippen molar-refractivity contribution in [2.45, 2.75) is 83.8 Å². The predicted octanol–water partition coefficient (Wildman–Crippen LogP) is 1.96. The molecule has 2 aliphatic carbocycles. The van der Waals surface area contributed by atoms with Crippen molar-refractivity contribution in [3.05, 3.63) is 17.5 Å². The average molecular weight is 358 g/mol. The third-order valence-electron chi connectivity index (χ3n) is 6.61. The molecule has 0 bridgehead atoms. The molecule has 0 spiro atoms. The van der Waals surface area contributed by atoms with Crippen LogP contribution in [0.2, 0.25) is 0 Å². The van der Waals surface area contributed by atoms with Gasteiger partial charge in [-0.2, -0.15) is 5.10 Å². The van der Waals surface area contributed by atoms with Crippen molar-refractivity contribution < 1.29 is 9.59 Å². The molecule has 1 aromatic heterocycles. The van der Waals surface area contributed by atoms with Gasteiger partial charge >= 0.3 is 0 Å². The topological polar surface area (TPSA) is 76.0 Å². The fourth-order valence-electron chi connectivity index (χ4n) is 4.59. The molecule has 2 heterocycles.